The van der Waals surface area contributed by atoms with Gasteiger partial charge in [0.05, 0.1) is 6.10 Å². The van der Waals surface area contributed by atoms with E-state index < -0.39 is 0 Å². The van der Waals surface area contributed by atoms with Crippen molar-refractivity contribution in [2.45, 2.75) is 57.0 Å². The van der Waals surface area contributed by atoms with E-state index in [1.807, 2.05) is 0 Å². The maximum absolute atomic E-state index is 6.37. The molecule has 0 saturated heterocycles. The number of benzene rings is 2. The molecule has 0 radical (unpaired) electrons. The third-order valence-electron chi connectivity index (χ3n) is 4.70. The first-order chi connectivity index (χ1) is 10.8. The van der Waals surface area contributed by atoms with E-state index in [4.69, 9.17) is 4.74 Å². The summed E-state index contributed by atoms with van der Waals surface area (Å²) in [5.74, 6) is 3.54. The lowest BCUT2D eigenvalue weighted by Gasteiger charge is -2.24. The van der Waals surface area contributed by atoms with Crippen molar-refractivity contribution in [2.24, 2.45) is 0 Å². The van der Waals surface area contributed by atoms with Gasteiger partial charge in [-0.15, -0.1) is 0 Å². The van der Waals surface area contributed by atoms with Crippen LogP contribution in [0.5, 0.6) is 5.75 Å². The molecule has 0 aliphatic heterocycles. The average Bonchev–Trinajstić information content (AvgIpc) is 2.58. The van der Waals surface area contributed by atoms with Crippen LogP contribution in [0.3, 0.4) is 0 Å². The Kier molecular flexibility index (Phi) is 5.30. The molecule has 2 aromatic carbocycles. The van der Waals surface area contributed by atoms with Gasteiger partial charge in [0.1, 0.15) is 17.3 Å². The van der Waals surface area contributed by atoms with Gasteiger partial charge < -0.3 is 4.74 Å². The molecule has 2 aromatic rings. The highest BCUT2D eigenvalue weighted by Gasteiger charge is 2.22. The summed E-state index contributed by atoms with van der Waals surface area (Å²) in [5, 5.41) is 2.69. The second-order valence-electron chi connectivity index (χ2n) is 6.06. The zero-order chi connectivity index (χ0) is 15.4. The summed E-state index contributed by atoms with van der Waals surface area (Å²) >= 11 is 0. The molecule has 0 heterocycles. The molecule has 1 aliphatic carbocycles. The van der Waals surface area contributed by atoms with Crippen LogP contribution in [0.25, 0.3) is 10.8 Å². The van der Waals surface area contributed by atoms with Crippen LogP contribution in [0.4, 0.5) is 0 Å². The normalized spacial score (nSPS) is 16.3. The fraction of sp³-hybridized carbons (Fsp3) is 0.500. The fourth-order valence-electron chi connectivity index (χ4n) is 3.48. The van der Waals surface area contributed by atoms with Crippen molar-refractivity contribution in [1.82, 2.24) is 0 Å². The van der Waals surface area contributed by atoms with Gasteiger partial charge in [-0.2, -0.15) is 0 Å². The SMILES string of the molecule is CC[S+](CC)c1ccc(OC2CCCCC2)c2ccccc12. The Labute approximate surface area is 137 Å². The molecule has 0 atom stereocenters. The highest BCUT2D eigenvalue weighted by molar-refractivity contribution is 7.97. The van der Waals surface area contributed by atoms with E-state index in [2.05, 4.69) is 50.2 Å². The molecule has 1 fully saturated rings. The second-order valence-corrected chi connectivity index (χ2v) is 8.64. The predicted molar refractivity (Wildman–Crippen MR) is 98.2 cm³/mol. The number of rotatable bonds is 5. The van der Waals surface area contributed by atoms with Crippen LogP contribution in [-0.4, -0.2) is 17.6 Å². The Morgan fingerprint density at radius 3 is 2.27 bits per heavy atom. The van der Waals surface area contributed by atoms with Crippen LogP contribution >= 0.6 is 0 Å². The fourth-order valence-corrected chi connectivity index (χ4v) is 5.26. The van der Waals surface area contributed by atoms with Gasteiger partial charge in [0.15, 0.2) is 4.90 Å². The zero-order valence-corrected chi connectivity index (χ0v) is 14.6. The molecule has 3 rings (SSSR count). The van der Waals surface area contributed by atoms with Crippen molar-refractivity contribution < 1.29 is 4.74 Å². The average molecular weight is 316 g/mol. The summed E-state index contributed by atoms with van der Waals surface area (Å²) in [6.45, 7) is 4.60. The van der Waals surface area contributed by atoms with Crippen LogP contribution in [0.2, 0.25) is 0 Å². The van der Waals surface area contributed by atoms with E-state index in [-0.39, 0.29) is 0 Å². The van der Waals surface area contributed by atoms with Crippen LogP contribution in [0.15, 0.2) is 41.3 Å². The Hall–Kier alpha value is -1.15. The van der Waals surface area contributed by atoms with E-state index in [1.54, 1.807) is 0 Å². The molecule has 1 nitrogen and oxygen atoms in total. The number of ether oxygens (including phenoxy) is 1. The Morgan fingerprint density at radius 1 is 0.909 bits per heavy atom. The second kappa shape index (κ2) is 7.41. The van der Waals surface area contributed by atoms with Gasteiger partial charge >= 0.3 is 0 Å². The largest absolute Gasteiger partial charge is 0.490 e. The summed E-state index contributed by atoms with van der Waals surface area (Å²) < 4.78 is 6.37. The highest BCUT2D eigenvalue weighted by Crippen LogP contribution is 2.34. The molecule has 118 valence electrons. The molecule has 1 saturated carbocycles. The van der Waals surface area contributed by atoms with Crippen LogP contribution < -0.4 is 4.74 Å². The van der Waals surface area contributed by atoms with Crippen molar-refractivity contribution in [1.29, 1.82) is 0 Å². The van der Waals surface area contributed by atoms with Crippen LogP contribution in [-0.2, 0) is 10.9 Å². The lowest BCUT2D eigenvalue weighted by molar-refractivity contribution is 0.157. The van der Waals surface area contributed by atoms with Crippen molar-refractivity contribution in [3.8, 4) is 5.75 Å². The molecule has 0 N–H and O–H groups in total. The van der Waals surface area contributed by atoms with Gasteiger partial charge in [-0.25, -0.2) is 0 Å². The first kappa shape index (κ1) is 15.7. The highest BCUT2D eigenvalue weighted by atomic mass is 32.2. The van der Waals surface area contributed by atoms with Gasteiger partial charge in [-0.1, -0.05) is 24.6 Å². The minimum Gasteiger partial charge on any atom is -0.490 e. The number of hydrogen-bond donors (Lipinski definition) is 0. The Morgan fingerprint density at radius 2 is 1.59 bits per heavy atom. The molecule has 1 aliphatic rings. The van der Waals surface area contributed by atoms with Gasteiger partial charge in [-0.3, -0.25) is 0 Å². The molecular weight excluding hydrogens is 288 g/mol. The Bertz CT molecular complexity index is 612. The molecular formula is C20H27OS+. The first-order valence-electron chi connectivity index (χ1n) is 8.69. The van der Waals surface area contributed by atoms with Crippen molar-refractivity contribution in [3.63, 3.8) is 0 Å². The smallest absolute Gasteiger partial charge is 0.162 e. The zero-order valence-electron chi connectivity index (χ0n) is 13.8. The van der Waals surface area contributed by atoms with Crippen molar-refractivity contribution in [2.75, 3.05) is 11.5 Å². The summed E-state index contributed by atoms with van der Waals surface area (Å²) in [7, 11) is 0.353. The first-order valence-corrected chi connectivity index (χ1v) is 10.3. The van der Waals surface area contributed by atoms with Gasteiger partial charge in [0, 0.05) is 21.7 Å². The molecule has 0 spiro atoms. The topological polar surface area (TPSA) is 9.23 Å². The van der Waals surface area contributed by atoms with Gasteiger partial charge in [0.2, 0.25) is 0 Å². The lowest BCUT2D eigenvalue weighted by Crippen LogP contribution is -2.19. The van der Waals surface area contributed by atoms with Crippen LogP contribution in [0.1, 0.15) is 46.0 Å². The van der Waals surface area contributed by atoms with Crippen molar-refractivity contribution in [3.05, 3.63) is 36.4 Å². The molecule has 0 amide bonds. The standard InChI is InChI=1S/C20H27OS/c1-3-22(4-2)20-15-14-19(17-12-8-9-13-18(17)20)21-16-10-6-5-7-11-16/h8-9,12-16H,3-7,10-11H2,1-2H3/q+1. The molecule has 0 unspecified atom stereocenters. The van der Waals surface area contributed by atoms with Gasteiger partial charge in [0.25, 0.3) is 0 Å². The molecule has 2 heteroatoms. The monoisotopic (exact) mass is 315 g/mol. The minimum atomic E-state index is 0.353. The summed E-state index contributed by atoms with van der Waals surface area (Å²) in [6, 6.07) is 13.3. The number of hydrogen-bond acceptors (Lipinski definition) is 1. The summed E-state index contributed by atoms with van der Waals surface area (Å²) in [4.78, 5) is 1.51. The third-order valence-corrected chi connectivity index (χ3v) is 7.07. The molecule has 0 aromatic heterocycles. The molecule has 22 heavy (non-hydrogen) atoms. The third kappa shape index (κ3) is 3.27. The maximum Gasteiger partial charge on any atom is 0.162 e. The lowest BCUT2D eigenvalue weighted by atomic mass is 9.97. The minimum absolute atomic E-state index is 0.353. The summed E-state index contributed by atoms with van der Waals surface area (Å²) in [6.07, 6.45) is 6.84. The van der Waals surface area contributed by atoms with Crippen molar-refractivity contribution >= 4 is 21.7 Å². The van der Waals surface area contributed by atoms with E-state index in [1.165, 1.54) is 59.3 Å². The van der Waals surface area contributed by atoms with E-state index in [9.17, 15) is 0 Å². The maximum atomic E-state index is 6.37. The van der Waals surface area contributed by atoms with Gasteiger partial charge in [-0.05, 0) is 57.7 Å². The van der Waals surface area contributed by atoms with Crippen LogP contribution in [0, 0.1) is 0 Å². The van der Waals surface area contributed by atoms with E-state index in [0.717, 1.165) is 5.75 Å². The Balaban J connectivity index is 1.96. The quantitative estimate of drug-likeness (QED) is 0.656. The van der Waals surface area contributed by atoms with E-state index in [0.29, 0.717) is 17.0 Å². The number of fused-ring (bicyclic) bond motifs is 1. The molecule has 0 bridgehead atoms. The summed E-state index contributed by atoms with van der Waals surface area (Å²) in [5.41, 5.74) is 0. The predicted octanol–water partition coefficient (Wildman–Crippen LogP) is 5.57. The van der Waals surface area contributed by atoms with E-state index >= 15 is 0 Å².